The van der Waals surface area contributed by atoms with Crippen LogP contribution < -0.4 is 5.73 Å². The zero-order chi connectivity index (χ0) is 16.1. The largest absolute Gasteiger partial charge is 0.337 e. The smallest absolute Gasteiger partial charge is 0.255 e. The highest BCUT2D eigenvalue weighted by Crippen LogP contribution is 2.31. The molecule has 1 aliphatic carbocycles. The third kappa shape index (κ3) is 3.82. The molecular weight excluding hydrogens is 304 g/mol. The minimum Gasteiger partial charge on any atom is -0.337 e. The second kappa shape index (κ2) is 7.75. The van der Waals surface area contributed by atoms with Gasteiger partial charge in [-0.3, -0.25) is 4.79 Å². The highest BCUT2D eigenvalue weighted by Gasteiger charge is 2.23. The quantitative estimate of drug-likeness (QED) is 0.884. The van der Waals surface area contributed by atoms with Crippen molar-refractivity contribution in [2.45, 2.75) is 32.1 Å². The zero-order valence-electron chi connectivity index (χ0n) is 13.5. The first kappa shape index (κ1) is 16.2. The maximum absolute atomic E-state index is 13.0. The molecule has 0 unspecified atom stereocenters. The topological polar surface area (TPSA) is 46.3 Å². The Morgan fingerprint density at radius 1 is 1.13 bits per heavy atom. The van der Waals surface area contributed by atoms with Crippen molar-refractivity contribution in [2.75, 3.05) is 19.6 Å². The van der Waals surface area contributed by atoms with Crippen LogP contribution in [0.25, 0.3) is 0 Å². The van der Waals surface area contributed by atoms with E-state index in [1.165, 1.54) is 28.8 Å². The number of fused-ring (bicyclic) bond motifs is 1. The highest BCUT2D eigenvalue weighted by molar-refractivity contribution is 7.10. The summed E-state index contributed by atoms with van der Waals surface area (Å²) in [4.78, 5) is 16.3. The van der Waals surface area contributed by atoms with Crippen molar-refractivity contribution in [3.05, 3.63) is 57.3 Å². The van der Waals surface area contributed by atoms with Gasteiger partial charge in [-0.2, -0.15) is 0 Å². The van der Waals surface area contributed by atoms with Crippen LogP contribution in [0.15, 0.2) is 35.7 Å². The maximum atomic E-state index is 13.0. The van der Waals surface area contributed by atoms with Crippen molar-refractivity contribution in [2.24, 2.45) is 5.73 Å². The molecule has 2 aromatic rings. The first-order valence-corrected chi connectivity index (χ1v) is 9.30. The average Bonchev–Trinajstić information content (AvgIpc) is 3.03. The van der Waals surface area contributed by atoms with Crippen LogP contribution in [-0.4, -0.2) is 30.4 Å². The van der Waals surface area contributed by atoms with Crippen molar-refractivity contribution >= 4 is 17.2 Å². The van der Waals surface area contributed by atoms with Crippen LogP contribution in [0, 0.1) is 0 Å². The number of hydrogen-bond acceptors (Lipinski definition) is 3. The molecule has 0 saturated carbocycles. The summed E-state index contributed by atoms with van der Waals surface area (Å²) in [7, 11) is 0. The Balaban J connectivity index is 1.72. The Hall–Kier alpha value is -1.65. The van der Waals surface area contributed by atoms with Crippen molar-refractivity contribution in [1.29, 1.82) is 0 Å². The van der Waals surface area contributed by atoms with E-state index in [-0.39, 0.29) is 5.91 Å². The van der Waals surface area contributed by atoms with Gasteiger partial charge in [-0.25, -0.2) is 0 Å². The first-order chi connectivity index (χ1) is 11.3. The van der Waals surface area contributed by atoms with Gasteiger partial charge in [0.05, 0.1) is 5.56 Å². The van der Waals surface area contributed by atoms with Gasteiger partial charge in [0.2, 0.25) is 0 Å². The lowest BCUT2D eigenvalue weighted by Gasteiger charge is -2.23. The number of rotatable bonds is 6. The van der Waals surface area contributed by atoms with E-state index in [2.05, 4.69) is 17.5 Å². The van der Waals surface area contributed by atoms with Gasteiger partial charge in [-0.05, 0) is 43.2 Å². The van der Waals surface area contributed by atoms with Gasteiger partial charge >= 0.3 is 0 Å². The van der Waals surface area contributed by atoms with E-state index in [1.807, 2.05) is 23.1 Å². The van der Waals surface area contributed by atoms with E-state index in [9.17, 15) is 4.79 Å². The third-order valence-electron chi connectivity index (χ3n) is 4.49. The molecule has 0 bridgehead atoms. The van der Waals surface area contributed by atoms with Gasteiger partial charge in [0.1, 0.15) is 0 Å². The molecule has 1 aromatic heterocycles. The van der Waals surface area contributed by atoms with E-state index < -0.39 is 0 Å². The summed E-state index contributed by atoms with van der Waals surface area (Å²) in [5.74, 6) is 0.158. The first-order valence-electron chi connectivity index (χ1n) is 8.42. The van der Waals surface area contributed by atoms with E-state index in [1.54, 1.807) is 11.3 Å². The second-order valence-electron chi connectivity index (χ2n) is 6.07. The summed E-state index contributed by atoms with van der Waals surface area (Å²) in [6, 6.07) is 10.3. The van der Waals surface area contributed by atoms with Gasteiger partial charge in [0.15, 0.2) is 0 Å². The van der Waals surface area contributed by atoms with Gasteiger partial charge in [0, 0.05) is 29.9 Å². The Morgan fingerprint density at radius 3 is 2.70 bits per heavy atom. The number of carbonyl (C=O) groups is 1. The number of aryl methyl sites for hydroxylation is 1. The molecule has 3 rings (SSSR count). The molecule has 1 aromatic carbocycles. The molecule has 1 aliphatic rings. The minimum atomic E-state index is 0.158. The molecule has 0 atom stereocenters. The molecule has 1 amide bonds. The lowest BCUT2D eigenvalue weighted by Crippen LogP contribution is -2.37. The molecule has 0 saturated heterocycles. The molecular formula is C19H24N2OS. The monoisotopic (exact) mass is 328 g/mol. The number of thiophene rings is 1. The third-order valence-corrected chi connectivity index (χ3v) is 5.58. The standard InChI is InChI=1S/C19H24N2OS/c20-11-13-21(12-10-15-6-2-1-3-7-15)19(22)17-14-23-18-9-5-4-8-16(17)18/h1-3,6-7,14H,4-5,8-13,20H2. The van der Waals surface area contributed by atoms with Crippen LogP contribution in [-0.2, 0) is 19.3 Å². The predicted molar refractivity (Wildman–Crippen MR) is 96.1 cm³/mol. The molecule has 23 heavy (non-hydrogen) atoms. The molecule has 2 N–H and O–H groups in total. The van der Waals surface area contributed by atoms with Crippen LogP contribution >= 0.6 is 11.3 Å². The van der Waals surface area contributed by atoms with E-state index in [0.29, 0.717) is 13.1 Å². The van der Waals surface area contributed by atoms with Gasteiger partial charge in [-0.1, -0.05) is 30.3 Å². The number of hydrogen-bond donors (Lipinski definition) is 1. The number of nitrogens with two attached hydrogens (primary N) is 1. The van der Waals surface area contributed by atoms with Crippen LogP contribution in [0.4, 0.5) is 0 Å². The van der Waals surface area contributed by atoms with E-state index in [4.69, 9.17) is 5.73 Å². The normalized spacial score (nSPS) is 13.6. The van der Waals surface area contributed by atoms with Gasteiger partial charge in [-0.15, -0.1) is 11.3 Å². The summed E-state index contributed by atoms with van der Waals surface area (Å²) in [5.41, 5.74) is 9.22. The molecule has 0 spiro atoms. The predicted octanol–water partition coefficient (Wildman–Crippen LogP) is 3.27. The fourth-order valence-electron chi connectivity index (χ4n) is 3.22. The maximum Gasteiger partial charge on any atom is 0.255 e. The molecule has 0 aliphatic heterocycles. The Bertz CT molecular complexity index is 651. The summed E-state index contributed by atoms with van der Waals surface area (Å²) in [5, 5.41) is 2.06. The summed E-state index contributed by atoms with van der Waals surface area (Å²) in [6.07, 6.45) is 5.51. The van der Waals surface area contributed by atoms with Crippen molar-refractivity contribution in [3.63, 3.8) is 0 Å². The number of carbonyl (C=O) groups excluding carboxylic acids is 1. The van der Waals surface area contributed by atoms with Crippen molar-refractivity contribution in [3.8, 4) is 0 Å². The minimum absolute atomic E-state index is 0.158. The van der Waals surface area contributed by atoms with Gasteiger partial charge in [0.25, 0.3) is 5.91 Å². The number of benzene rings is 1. The summed E-state index contributed by atoms with van der Waals surface area (Å²) in [6.45, 7) is 1.85. The molecule has 0 fully saturated rings. The molecule has 4 heteroatoms. The number of amides is 1. The van der Waals surface area contributed by atoms with Crippen LogP contribution in [0.1, 0.15) is 39.2 Å². The SMILES string of the molecule is NCCN(CCc1ccccc1)C(=O)c1csc2c1CCCC2. The van der Waals surface area contributed by atoms with Crippen molar-refractivity contribution in [1.82, 2.24) is 4.90 Å². The fourth-order valence-corrected chi connectivity index (χ4v) is 4.34. The average molecular weight is 328 g/mol. The highest BCUT2D eigenvalue weighted by atomic mass is 32.1. The van der Waals surface area contributed by atoms with Crippen molar-refractivity contribution < 1.29 is 4.79 Å². The molecule has 0 radical (unpaired) electrons. The summed E-state index contributed by atoms with van der Waals surface area (Å²) >= 11 is 1.75. The number of nitrogens with zero attached hydrogens (tertiary/aromatic N) is 1. The van der Waals surface area contributed by atoms with Gasteiger partial charge < -0.3 is 10.6 Å². The Morgan fingerprint density at radius 2 is 1.91 bits per heavy atom. The molecule has 1 heterocycles. The van der Waals surface area contributed by atoms with Crippen LogP contribution in [0.5, 0.6) is 0 Å². The Labute approximate surface area is 142 Å². The molecule has 122 valence electrons. The summed E-state index contributed by atoms with van der Waals surface area (Å²) < 4.78 is 0. The van der Waals surface area contributed by atoms with E-state index >= 15 is 0 Å². The Kier molecular flexibility index (Phi) is 5.47. The lowest BCUT2D eigenvalue weighted by molar-refractivity contribution is 0.0761. The van der Waals surface area contributed by atoms with E-state index in [0.717, 1.165) is 31.4 Å². The second-order valence-corrected chi connectivity index (χ2v) is 7.04. The fraction of sp³-hybridized carbons (Fsp3) is 0.421. The van der Waals surface area contributed by atoms with Crippen LogP contribution in [0.3, 0.4) is 0 Å². The lowest BCUT2D eigenvalue weighted by atomic mass is 9.95. The zero-order valence-corrected chi connectivity index (χ0v) is 14.3. The molecule has 3 nitrogen and oxygen atoms in total. The van der Waals surface area contributed by atoms with Crippen LogP contribution in [0.2, 0.25) is 0 Å².